The van der Waals surface area contributed by atoms with Crippen LogP contribution >= 0.6 is 0 Å². The van der Waals surface area contributed by atoms with Gasteiger partial charge in [-0.25, -0.2) is 4.98 Å². The average Bonchev–Trinajstić information content (AvgIpc) is 3.22. The molecule has 1 saturated heterocycles. The molecule has 2 aliphatic heterocycles. The van der Waals surface area contributed by atoms with Gasteiger partial charge in [0, 0.05) is 17.8 Å². The van der Waals surface area contributed by atoms with Crippen molar-refractivity contribution in [3.8, 4) is 0 Å². The topological polar surface area (TPSA) is 100 Å². The molecule has 0 bridgehead atoms. The maximum atomic E-state index is 13.1. The van der Waals surface area contributed by atoms with Gasteiger partial charge in [-0.05, 0) is 37.6 Å². The number of fused-ring (bicyclic) bond motifs is 1. The Morgan fingerprint density at radius 2 is 2.24 bits per heavy atom. The van der Waals surface area contributed by atoms with Gasteiger partial charge in [0.1, 0.15) is 18.2 Å². The van der Waals surface area contributed by atoms with Gasteiger partial charge in [-0.1, -0.05) is 0 Å². The van der Waals surface area contributed by atoms with Gasteiger partial charge in [0.2, 0.25) is 5.91 Å². The van der Waals surface area contributed by atoms with Crippen LogP contribution in [0.15, 0.2) is 24.5 Å². The monoisotopic (exact) mass is 341 g/mol. The van der Waals surface area contributed by atoms with Crippen LogP contribution in [0.1, 0.15) is 41.6 Å². The molecule has 1 aromatic carbocycles. The fourth-order valence-electron chi connectivity index (χ4n) is 3.32. The molecule has 4 rings (SSSR count). The zero-order valence-electron chi connectivity index (χ0n) is 14.1. The van der Waals surface area contributed by atoms with E-state index in [0.29, 0.717) is 31.1 Å². The maximum absolute atomic E-state index is 13.1. The number of carbonyl (C=O) groups excluding carboxylic acids is 2. The standard InChI is InChI=1S/C17H19N5O3/c1-17(2)11-7-10(3-4-12(11)20-16(17)24)15(23)22-5-6-25-8-13(22)14-18-9-19-21-14/h3-4,7,9,13H,5-6,8H2,1-2H3,(H,20,24)(H,18,19,21). The minimum Gasteiger partial charge on any atom is -0.377 e. The summed E-state index contributed by atoms with van der Waals surface area (Å²) in [7, 11) is 0. The number of anilines is 1. The molecule has 8 heteroatoms. The van der Waals surface area contributed by atoms with E-state index in [1.165, 1.54) is 6.33 Å². The third-order valence-corrected chi connectivity index (χ3v) is 4.89. The smallest absolute Gasteiger partial charge is 0.254 e. The van der Waals surface area contributed by atoms with Crippen molar-refractivity contribution in [2.24, 2.45) is 0 Å². The summed E-state index contributed by atoms with van der Waals surface area (Å²) in [4.78, 5) is 31.1. The second kappa shape index (κ2) is 5.66. The molecule has 1 unspecified atom stereocenters. The average molecular weight is 341 g/mol. The summed E-state index contributed by atoms with van der Waals surface area (Å²) in [5.41, 5.74) is 1.50. The van der Waals surface area contributed by atoms with Gasteiger partial charge in [0.05, 0.1) is 18.6 Å². The first kappa shape index (κ1) is 15.8. The highest BCUT2D eigenvalue weighted by Crippen LogP contribution is 2.38. The molecule has 0 radical (unpaired) electrons. The van der Waals surface area contributed by atoms with Crippen molar-refractivity contribution in [1.82, 2.24) is 20.1 Å². The van der Waals surface area contributed by atoms with Crippen molar-refractivity contribution in [1.29, 1.82) is 0 Å². The predicted molar refractivity (Wildman–Crippen MR) is 89.1 cm³/mol. The van der Waals surface area contributed by atoms with E-state index in [1.54, 1.807) is 17.0 Å². The van der Waals surface area contributed by atoms with Crippen LogP contribution in [-0.2, 0) is 14.9 Å². The molecule has 1 atom stereocenters. The maximum Gasteiger partial charge on any atom is 0.254 e. The fraction of sp³-hybridized carbons (Fsp3) is 0.412. The summed E-state index contributed by atoms with van der Waals surface area (Å²) in [6.07, 6.45) is 1.42. The van der Waals surface area contributed by atoms with Crippen LogP contribution in [0.2, 0.25) is 0 Å². The Balaban J connectivity index is 1.67. The van der Waals surface area contributed by atoms with Crippen LogP contribution in [0.5, 0.6) is 0 Å². The minimum atomic E-state index is -0.652. The highest BCUT2D eigenvalue weighted by molar-refractivity contribution is 6.07. The Labute approximate surface area is 144 Å². The van der Waals surface area contributed by atoms with Crippen molar-refractivity contribution in [2.45, 2.75) is 25.3 Å². The summed E-state index contributed by atoms with van der Waals surface area (Å²) in [5.74, 6) is 0.437. The fourth-order valence-corrected chi connectivity index (χ4v) is 3.32. The number of hydrogen-bond donors (Lipinski definition) is 2. The first-order chi connectivity index (χ1) is 12.0. The van der Waals surface area contributed by atoms with Gasteiger partial charge in [-0.15, -0.1) is 0 Å². The predicted octanol–water partition coefficient (Wildman–Crippen LogP) is 1.25. The van der Waals surface area contributed by atoms with E-state index in [4.69, 9.17) is 4.74 Å². The molecule has 0 saturated carbocycles. The molecule has 2 aromatic rings. The molecule has 2 amide bonds. The zero-order valence-corrected chi connectivity index (χ0v) is 14.1. The van der Waals surface area contributed by atoms with Gasteiger partial charge >= 0.3 is 0 Å². The molecule has 2 N–H and O–H groups in total. The van der Waals surface area contributed by atoms with Gasteiger partial charge < -0.3 is 15.0 Å². The van der Waals surface area contributed by atoms with E-state index < -0.39 is 5.41 Å². The van der Waals surface area contributed by atoms with E-state index in [-0.39, 0.29) is 17.9 Å². The number of morpholine rings is 1. The van der Waals surface area contributed by atoms with Crippen LogP contribution in [-0.4, -0.2) is 51.7 Å². The first-order valence-electron chi connectivity index (χ1n) is 8.18. The van der Waals surface area contributed by atoms with Crippen molar-refractivity contribution in [2.75, 3.05) is 25.1 Å². The Kier molecular flexibility index (Phi) is 3.57. The number of nitrogens with one attached hydrogen (secondary N) is 2. The Morgan fingerprint density at radius 1 is 1.40 bits per heavy atom. The second-order valence-electron chi connectivity index (χ2n) is 6.80. The van der Waals surface area contributed by atoms with Crippen molar-refractivity contribution in [3.63, 3.8) is 0 Å². The number of amides is 2. The number of benzene rings is 1. The molecule has 2 aliphatic rings. The van der Waals surface area contributed by atoms with E-state index in [0.717, 1.165) is 11.3 Å². The largest absolute Gasteiger partial charge is 0.377 e. The highest BCUT2D eigenvalue weighted by atomic mass is 16.5. The van der Waals surface area contributed by atoms with Crippen LogP contribution in [0.25, 0.3) is 0 Å². The third kappa shape index (κ3) is 2.49. The van der Waals surface area contributed by atoms with Crippen molar-refractivity contribution in [3.05, 3.63) is 41.5 Å². The van der Waals surface area contributed by atoms with Gasteiger partial charge in [0.15, 0.2) is 0 Å². The van der Waals surface area contributed by atoms with E-state index in [1.807, 2.05) is 19.9 Å². The number of rotatable bonds is 2. The van der Waals surface area contributed by atoms with Gasteiger partial charge in [0.25, 0.3) is 5.91 Å². The number of hydrogen-bond acceptors (Lipinski definition) is 5. The molecular weight excluding hydrogens is 322 g/mol. The quantitative estimate of drug-likeness (QED) is 0.856. The number of aromatic nitrogens is 3. The Bertz CT molecular complexity index is 831. The molecule has 0 spiro atoms. The molecule has 1 aromatic heterocycles. The van der Waals surface area contributed by atoms with E-state index >= 15 is 0 Å². The number of H-pyrrole nitrogens is 1. The van der Waals surface area contributed by atoms with E-state index in [2.05, 4.69) is 20.5 Å². The van der Waals surface area contributed by atoms with Crippen LogP contribution in [0.4, 0.5) is 5.69 Å². The molecular formula is C17H19N5O3. The van der Waals surface area contributed by atoms with Crippen molar-refractivity contribution >= 4 is 17.5 Å². The highest BCUT2D eigenvalue weighted by Gasteiger charge is 2.39. The Morgan fingerprint density at radius 3 is 3.00 bits per heavy atom. The summed E-state index contributed by atoms with van der Waals surface area (Å²) < 4.78 is 5.51. The lowest BCUT2D eigenvalue weighted by molar-refractivity contribution is -0.119. The molecule has 3 heterocycles. The number of carbonyl (C=O) groups is 2. The van der Waals surface area contributed by atoms with E-state index in [9.17, 15) is 9.59 Å². The van der Waals surface area contributed by atoms with Crippen LogP contribution < -0.4 is 5.32 Å². The molecule has 0 aliphatic carbocycles. The third-order valence-electron chi connectivity index (χ3n) is 4.89. The minimum absolute atomic E-state index is 0.0574. The van der Waals surface area contributed by atoms with Crippen molar-refractivity contribution < 1.29 is 14.3 Å². The second-order valence-corrected chi connectivity index (χ2v) is 6.80. The normalized spacial score (nSPS) is 21.8. The van der Waals surface area contributed by atoms with Gasteiger partial charge in [-0.3, -0.25) is 14.7 Å². The number of aromatic amines is 1. The summed E-state index contributed by atoms with van der Waals surface area (Å²) in [6, 6.07) is 5.04. The summed E-state index contributed by atoms with van der Waals surface area (Å²) in [6.45, 7) is 5.04. The lowest BCUT2D eigenvalue weighted by Crippen LogP contribution is -2.44. The SMILES string of the molecule is CC1(C)C(=O)Nc2ccc(C(=O)N3CCOCC3c3ncn[nH]3)cc21. The summed E-state index contributed by atoms with van der Waals surface area (Å²) >= 11 is 0. The molecule has 8 nitrogen and oxygen atoms in total. The summed E-state index contributed by atoms with van der Waals surface area (Å²) in [5, 5.41) is 9.53. The lowest BCUT2D eigenvalue weighted by Gasteiger charge is -2.34. The van der Waals surface area contributed by atoms with Crippen LogP contribution in [0, 0.1) is 0 Å². The number of ether oxygens (including phenoxy) is 1. The van der Waals surface area contributed by atoms with Gasteiger partial charge in [-0.2, -0.15) is 5.10 Å². The molecule has 130 valence electrons. The molecule has 25 heavy (non-hydrogen) atoms. The zero-order chi connectivity index (χ0) is 17.6. The molecule has 1 fully saturated rings. The first-order valence-corrected chi connectivity index (χ1v) is 8.18. The number of nitrogens with zero attached hydrogens (tertiary/aromatic N) is 3. The Hall–Kier alpha value is -2.74. The van der Waals surface area contributed by atoms with Crippen LogP contribution in [0.3, 0.4) is 0 Å². The lowest BCUT2D eigenvalue weighted by atomic mass is 9.85.